The SMILES string of the molecule is CC(C)(C)c1cc(-c2nc(-c3ccccc3)cc(-c3cccc(N(c4ccccn4)c4ccccc4-c4ccccc4)c3)n2)c(O)c(C(C)(C)C)c1. The number of aromatic nitrogens is 3. The van der Waals surface area contributed by atoms with E-state index in [-0.39, 0.29) is 16.6 Å². The van der Waals surface area contributed by atoms with Gasteiger partial charge in [0.1, 0.15) is 11.6 Å². The molecule has 0 atom stereocenters. The summed E-state index contributed by atoms with van der Waals surface area (Å²) >= 11 is 0. The summed E-state index contributed by atoms with van der Waals surface area (Å²) in [6.07, 6.45) is 1.82. The zero-order chi connectivity index (χ0) is 36.5. The lowest BCUT2D eigenvalue weighted by Gasteiger charge is -2.27. The van der Waals surface area contributed by atoms with Crippen LogP contribution in [0, 0.1) is 0 Å². The van der Waals surface area contributed by atoms with Crippen LogP contribution in [0.15, 0.2) is 152 Å². The van der Waals surface area contributed by atoms with Crippen molar-refractivity contribution in [2.45, 2.75) is 52.4 Å². The minimum Gasteiger partial charge on any atom is -0.507 e. The molecule has 2 aromatic heterocycles. The first-order valence-corrected chi connectivity index (χ1v) is 17.8. The average Bonchev–Trinajstić information content (AvgIpc) is 3.15. The van der Waals surface area contributed by atoms with Gasteiger partial charge in [-0.15, -0.1) is 0 Å². The third kappa shape index (κ3) is 7.08. The fraction of sp³-hybridized carbons (Fsp3) is 0.170. The molecule has 0 aliphatic carbocycles. The standard InChI is InChI=1S/C47H44N4O/c1-46(2,3)35-29-38(44(52)39(30-35)47(4,5)6)45-49-40(33-20-11-8-12-21-33)31-41(50-45)34-22-17-23-36(28-34)51(43-26-15-16-27-48-43)42-25-14-13-24-37(42)32-18-9-7-10-19-32/h7-31,52H,1-6H3. The number of hydrogen-bond acceptors (Lipinski definition) is 5. The van der Waals surface area contributed by atoms with E-state index in [2.05, 4.69) is 144 Å². The van der Waals surface area contributed by atoms with E-state index in [0.717, 1.165) is 62.0 Å². The Bertz CT molecular complexity index is 2320. The topological polar surface area (TPSA) is 62.1 Å². The highest BCUT2D eigenvalue weighted by Crippen LogP contribution is 2.44. The number of para-hydroxylation sites is 1. The van der Waals surface area contributed by atoms with Crippen molar-refractivity contribution in [3.05, 3.63) is 163 Å². The Morgan fingerprint density at radius 3 is 1.79 bits per heavy atom. The fourth-order valence-corrected chi connectivity index (χ4v) is 6.50. The van der Waals surface area contributed by atoms with E-state index >= 15 is 0 Å². The summed E-state index contributed by atoms with van der Waals surface area (Å²) in [5.41, 5.74) is 9.75. The third-order valence-corrected chi connectivity index (χ3v) is 9.33. The number of hydrogen-bond donors (Lipinski definition) is 1. The van der Waals surface area contributed by atoms with Crippen molar-refractivity contribution in [2.75, 3.05) is 4.90 Å². The van der Waals surface area contributed by atoms with Crippen LogP contribution in [-0.4, -0.2) is 20.1 Å². The van der Waals surface area contributed by atoms with Gasteiger partial charge in [0.05, 0.1) is 22.6 Å². The Morgan fingerprint density at radius 2 is 1.13 bits per heavy atom. The van der Waals surface area contributed by atoms with Gasteiger partial charge in [0.25, 0.3) is 0 Å². The van der Waals surface area contributed by atoms with Gasteiger partial charge < -0.3 is 5.11 Å². The molecule has 5 heteroatoms. The number of rotatable bonds is 7. The van der Waals surface area contributed by atoms with E-state index < -0.39 is 0 Å². The summed E-state index contributed by atoms with van der Waals surface area (Å²) in [5.74, 6) is 1.49. The zero-order valence-electron chi connectivity index (χ0n) is 30.7. The van der Waals surface area contributed by atoms with Crippen LogP contribution in [0.4, 0.5) is 17.2 Å². The Hall–Kier alpha value is -6.07. The van der Waals surface area contributed by atoms with E-state index in [9.17, 15) is 5.11 Å². The highest BCUT2D eigenvalue weighted by Gasteiger charge is 2.27. The summed E-state index contributed by atoms with van der Waals surface area (Å²) in [6.45, 7) is 12.9. The quantitative estimate of drug-likeness (QED) is 0.182. The second-order valence-electron chi connectivity index (χ2n) is 15.2. The molecular weight excluding hydrogens is 637 g/mol. The van der Waals surface area contributed by atoms with Crippen molar-refractivity contribution in [3.8, 4) is 50.8 Å². The Kier molecular flexibility index (Phi) is 9.20. The van der Waals surface area contributed by atoms with Gasteiger partial charge in [0.2, 0.25) is 0 Å². The van der Waals surface area contributed by atoms with E-state index in [1.807, 2.05) is 54.7 Å². The Balaban J connectivity index is 1.44. The van der Waals surface area contributed by atoms with Gasteiger partial charge in [0.15, 0.2) is 5.82 Å². The highest BCUT2D eigenvalue weighted by molar-refractivity contribution is 5.88. The van der Waals surface area contributed by atoms with Crippen LogP contribution in [0.3, 0.4) is 0 Å². The molecule has 5 aromatic carbocycles. The summed E-state index contributed by atoms with van der Waals surface area (Å²) in [6, 6.07) is 49.6. The lowest BCUT2D eigenvalue weighted by Crippen LogP contribution is -2.17. The molecule has 0 aliphatic rings. The minimum absolute atomic E-state index is 0.151. The van der Waals surface area contributed by atoms with E-state index in [1.165, 1.54) is 0 Å². The van der Waals surface area contributed by atoms with Gasteiger partial charge in [-0.25, -0.2) is 15.0 Å². The molecule has 0 fully saturated rings. The van der Waals surface area contributed by atoms with E-state index in [0.29, 0.717) is 11.4 Å². The molecule has 7 aromatic rings. The van der Waals surface area contributed by atoms with Crippen molar-refractivity contribution in [2.24, 2.45) is 0 Å². The zero-order valence-corrected chi connectivity index (χ0v) is 30.7. The van der Waals surface area contributed by atoms with Gasteiger partial charge in [-0.2, -0.15) is 0 Å². The van der Waals surface area contributed by atoms with Gasteiger partial charge >= 0.3 is 0 Å². The number of anilines is 3. The molecule has 0 unspecified atom stereocenters. The number of nitrogens with zero attached hydrogens (tertiary/aromatic N) is 4. The summed E-state index contributed by atoms with van der Waals surface area (Å²) in [7, 11) is 0. The van der Waals surface area contributed by atoms with Crippen molar-refractivity contribution in [3.63, 3.8) is 0 Å². The van der Waals surface area contributed by atoms with Gasteiger partial charge in [-0.05, 0) is 64.4 Å². The molecule has 0 bridgehead atoms. The van der Waals surface area contributed by atoms with Crippen LogP contribution >= 0.6 is 0 Å². The fourth-order valence-electron chi connectivity index (χ4n) is 6.50. The highest BCUT2D eigenvalue weighted by atomic mass is 16.3. The molecule has 1 N–H and O–H groups in total. The normalized spacial score (nSPS) is 11.7. The lowest BCUT2D eigenvalue weighted by molar-refractivity contribution is 0.446. The third-order valence-electron chi connectivity index (χ3n) is 9.33. The van der Waals surface area contributed by atoms with Crippen LogP contribution in [0.1, 0.15) is 52.7 Å². The number of benzene rings is 5. The molecule has 0 saturated heterocycles. The average molecular weight is 681 g/mol. The Labute approximate surface area is 307 Å². The molecule has 2 heterocycles. The first kappa shape index (κ1) is 34.4. The molecule has 0 spiro atoms. The van der Waals surface area contributed by atoms with Crippen LogP contribution in [0.2, 0.25) is 0 Å². The number of aromatic hydroxyl groups is 1. The first-order valence-electron chi connectivity index (χ1n) is 17.8. The van der Waals surface area contributed by atoms with E-state index in [1.54, 1.807) is 0 Å². The summed E-state index contributed by atoms with van der Waals surface area (Å²) < 4.78 is 0. The first-order chi connectivity index (χ1) is 25.0. The maximum Gasteiger partial charge on any atom is 0.164 e. The molecule has 5 nitrogen and oxygen atoms in total. The molecule has 7 rings (SSSR count). The summed E-state index contributed by atoms with van der Waals surface area (Å²) in [4.78, 5) is 17.3. The largest absolute Gasteiger partial charge is 0.507 e. The van der Waals surface area contributed by atoms with Crippen molar-refractivity contribution < 1.29 is 5.11 Å². The van der Waals surface area contributed by atoms with Crippen molar-refractivity contribution in [1.29, 1.82) is 0 Å². The predicted octanol–water partition coefficient (Wildman–Crippen LogP) is 12.3. The molecular formula is C47H44N4O. The molecule has 0 radical (unpaired) electrons. The molecule has 0 amide bonds. The second-order valence-corrected chi connectivity index (χ2v) is 15.2. The Morgan fingerprint density at radius 1 is 0.519 bits per heavy atom. The number of phenols is 1. The van der Waals surface area contributed by atoms with Crippen LogP contribution in [0.25, 0.3) is 45.0 Å². The lowest BCUT2D eigenvalue weighted by atomic mass is 9.79. The smallest absolute Gasteiger partial charge is 0.164 e. The number of pyridine rings is 1. The van der Waals surface area contributed by atoms with Crippen LogP contribution < -0.4 is 4.90 Å². The maximum absolute atomic E-state index is 11.9. The minimum atomic E-state index is -0.292. The molecule has 0 saturated carbocycles. The van der Waals surface area contributed by atoms with Gasteiger partial charge in [0, 0.05) is 34.1 Å². The molecule has 258 valence electrons. The molecule has 52 heavy (non-hydrogen) atoms. The van der Waals surface area contributed by atoms with Gasteiger partial charge in [-0.3, -0.25) is 4.90 Å². The van der Waals surface area contributed by atoms with Crippen LogP contribution in [0.5, 0.6) is 5.75 Å². The second kappa shape index (κ2) is 13.9. The monoisotopic (exact) mass is 680 g/mol. The molecule has 0 aliphatic heterocycles. The van der Waals surface area contributed by atoms with Crippen molar-refractivity contribution in [1.82, 2.24) is 15.0 Å². The van der Waals surface area contributed by atoms with Crippen molar-refractivity contribution >= 4 is 17.2 Å². The van der Waals surface area contributed by atoms with Gasteiger partial charge in [-0.1, -0.05) is 145 Å². The van der Waals surface area contributed by atoms with Crippen LogP contribution in [-0.2, 0) is 10.8 Å². The maximum atomic E-state index is 11.9. The van der Waals surface area contributed by atoms with E-state index in [4.69, 9.17) is 15.0 Å². The number of phenolic OH excluding ortho intramolecular Hbond substituents is 1. The summed E-state index contributed by atoms with van der Waals surface area (Å²) in [5, 5.41) is 11.9. The predicted molar refractivity (Wildman–Crippen MR) is 215 cm³/mol.